The van der Waals surface area contributed by atoms with Crippen LogP contribution in [0.2, 0.25) is 0 Å². The summed E-state index contributed by atoms with van der Waals surface area (Å²) in [5.41, 5.74) is 0. The Morgan fingerprint density at radius 2 is 2.47 bits per heavy atom. The summed E-state index contributed by atoms with van der Waals surface area (Å²) in [7, 11) is -1.21. The summed E-state index contributed by atoms with van der Waals surface area (Å²) in [4.78, 5) is 0. The second-order valence-corrected chi connectivity index (χ2v) is 5.16. The van der Waals surface area contributed by atoms with Crippen molar-refractivity contribution < 1.29 is 18.9 Å². The highest BCUT2D eigenvalue weighted by Gasteiger charge is 2.35. The monoisotopic (exact) mass is 259 g/mol. The molecule has 0 aromatic heterocycles. The van der Waals surface area contributed by atoms with Crippen LogP contribution in [0.15, 0.2) is 12.4 Å². The van der Waals surface area contributed by atoms with Crippen LogP contribution in [0.25, 0.3) is 0 Å². The second kappa shape index (κ2) is 7.75. The molecule has 5 nitrogen and oxygen atoms in total. The predicted molar refractivity (Wildman–Crippen MR) is 64.2 cm³/mol. The van der Waals surface area contributed by atoms with Gasteiger partial charge in [-0.05, 0) is 12.7 Å². The van der Waals surface area contributed by atoms with E-state index < -0.39 is 8.38 Å². The Kier molecular flexibility index (Phi) is 6.64. The molecule has 4 atom stereocenters. The summed E-state index contributed by atoms with van der Waals surface area (Å²) in [6.07, 6.45) is 0.685. The number of nitrogens with zero attached hydrogens (tertiary/aromatic N) is 1. The van der Waals surface area contributed by atoms with Gasteiger partial charge in [0.2, 0.25) is 0 Å². The maximum atomic E-state index is 9.15. The lowest BCUT2D eigenvalue weighted by molar-refractivity contribution is -0.0109. The summed E-state index contributed by atoms with van der Waals surface area (Å²) in [5.74, 6) is 1.60. The molecule has 0 radical (unpaired) electrons. The highest BCUT2D eigenvalue weighted by Crippen LogP contribution is 2.43. The van der Waals surface area contributed by atoms with Crippen LogP contribution in [0, 0.1) is 11.3 Å². The van der Waals surface area contributed by atoms with Gasteiger partial charge in [-0.15, -0.1) is 0 Å². The van der Waals surface area contributed by atoms with Crippen LogP contribution in [0.3, 0.4) is 0 Å². The van der Waals surface area contributed by atoms with Crippen LogP contribution in [0.5, 0.6) is 0 Å². The number of aliphatic hydroxyl groups is 1. The minimum Gasteiger partial charge on any atom is -0.394 e. The van der Waals surface area contributed by atoms with Gasteiger partial charge in [-0.3, -0.25) is 0 Å². The summed E-state index contributed by atoms with van der Waals surface area (Å²) in [6, 6.07) is 2.00. The Morgan fingerprint density at radius 3 is 3.06 bits per heavy atom. The van der Waals surface area contributed by atoms with E-state index in [4.69, 9.17) is 24.2 Å². The molecular weight excluding hydrogens is 241 g/mol. The third-order valence-corrected chi connectivity index (χ3v) is 3.60. The van der Waals surface area contributed by atoms with Crippen LogP contribution >= 0.6 is 8.38 Å². The quantitative estimate of drug-likeness (QED) is 0.558. The summed E-state index contributed by atoms with van der Waals surface area (Å²) >= 11 is 0. The van der Waals surface area contributed by atoms with Crippen LogP contribution in [0.1, 0.15) is 19.8 Å². The lowest BCUT2D eigenvalue weighted by Crippen LogP contribution is -2.26. The lowest BCUT2D eigenvalue weighted by Gasteiger charge is -2.21. The van der Waals surface area contributed by atoms with Crippen LogP contribution in [0.4, 0.5) is 0 Å². The van der Waals surface area contributed by atoms with E-state index in [1.807, 2.05) is 13.0 Å². The third kappa shape index (κ3) is 4.71. The maximum absolute atomic E-state index is 9.15. The molecule has 1 fully saturated rings. The van der Waals surface area contributed by atoms with Crippen LogP contribution in [-0.4, -0.2) is 36.6 Å². The van der Waals surface area contributed by atoms with Gasteiger partial charge in [-0.25, -0.2) is 0 Å². The van der Waals surface area contributed by atoms with E-state index in [9.17, 15) is 0 Å². The first-order valence-electron chi connectivity index (χ1n) is 5.56. The first-order chi connectivity index (χ1) is 8.21. The van der Waals surface area contributed by atoms with Gasteiger partial charge in [-0.1, -0.05) is 6.58 Å². The Balaban J connectivity index is 2.39. The fraction of sp³-hybridized carbons (Fsp3) is 0.727. The fourth-order valence-corrected chi connectivity index (χ4v) is 2.65. The van der Waals surface area contributed by atoms with E-state index in [2.05, 4.69) is 6.58 Å². The molecule has 1 N–H and O–H groups in total. The molecule has 96 valence electrons. The standard InChI is InChI=1S/C11H18NO4P/c1-3-17(14-6-4-5-12)16-10-7-9(2)15-11(10)8-13/h3,9-11,13H,1,4,6-8H2,2H3/t9-,10-,11+,17?/m0/s1. The molecule has 0 saturated carbocycles. The summed E-state index contributed by atoms with van der Waals surface area (Å²) in [5, 5.41) is 17.6. The minimum atomic E-state index is -1.21. The molecule has 0 aromatic rings. The molecule has 0 bridgehead atoms. The molecule has 0 amide bonds. The van der Waals surface area contributed by atoms with Gasteiger partial charge in [0.1, 0.15) is 6.10 Å². The molecule has 6 heteroatoms. The predicted octanol–water partition coefficient (Wildman–Crippen LogP) is 1.93. The van der Waals surface area contributed by atoms with Crippen LogP contribution < -0.4 is 0 Å². The topological polar surface area (TPSA) is 71.7 Å². The molecule has 0 spiro atoms. The average molecular weight is 259 g/mol. The highest BCUT2D eigenvalue weighted by atomic mass is 31.2. The fourth-order valence-electron chi connectivity index (χ4n) is 1.63. The van der Waals surface area contributed by atoms with E-state index in [1.54, 1.807) is 5.82 Å². The van der Waals surface area contributed by atoms with Crippen molar-refractivity contribution >= 4 is 8.38 Å². The molecule has 1 unspecified atom stereocenters. The Morgan fingerprint density at radius 1 is 1.71 bits per heavy atom. The van der Waals surface area contributed by atoms with Gasteiger partial charge < -0.3 is 18.9 Å². The number of ether oxygens (including phenoxy) is 1. The van der Waals surface area contributed by atoms with Gasteiger partial charge in [0.05, 0.1) is 37.9 Å². The van der Waals surface area contributed by atoms with Gasteiger partial charge in [-0.2, -0.15) is 5.26 Å². The molecule has 1 heterocycles. The van der Waals surface area contributed by atoms with Crippen molar-refractivity contribution in [3.63, 3.8) is 0 Å². The maximum Gasteiger partial charge on any atom is 0.197 e. The van der Waals surface area contributed by atoms with Gasteiger partial charge in [0.25, 0.3) is 0 Å². The van der Waals surface area contributed by atoms with Gasteiger partial charge >= 0.3 is 0 Å². The summed E-state index contributed by atoms with van der Waals surface area (Å²) < 4.78 is 16.6. The molecular formula is C11H18NO4P. The van der Waals surface area contributed by atoms with Crippen molar-refractivity contribution in [3.05, 3.63) is 12.4 Å². The van der Waals surface area contributed by atoms with Crippen molar-refractivity contribution in [2.24, 2.45) is 0 Å². The molecule has 17 heavy (non-hydrogen) atoms. The van der Waals surface area contributed by atoms with Gasteiger partial charge in [0, 0.05) is 6.42 Å². The average Bonchev–Trinajstić information content (AvgIpc) is 2.68. The zero-order valence-electron chi connectivity index (χ0n) is 9.91. The zero-order chi connectivity index (χ0) is 12.7. The van der Waals surface area contributed by atoms with Crippen LogP contribution in [-0.2, 0) is 13.8 Å². The van der Waals surface area contributed by atoms with Crippen molar-refractivity contribution in [1.82, 2.24) is 0 Å². The molecule has 1 saturated heterocycles. The number of hydrogen-bond acceptors (Lipinski definition) is 5. The number of aliphatic hydroxyl groups excluding tert-OH is 1. The zero-order valence-corrected chi connectivity index (χ0v) is 10.8. The van der Waals surface area contributed by atoms with Crippen molar-refractivity contribution in [2.75, 3.05) is 13.2 Å². The van der Waals surface area contributed by atoms with Gasteiger partial charge in [0.15, 0.2) is 8.38 Å². The SMILES string of the molecule is C=CP(OCCC#N)O[C@H]1C[C@H](C)O[C@@H]1CO. The van der Waals surface area contributed by atoms with E-state index in [0.717, 1.165) is 6.42 Å². The van der Waals surface area contributed by atoms with E-state index in [1.165, 1.54) is 0 Å². The largest absolute Gasteiger partial charge is 0.394 e. The lowest BCUT2D eigenvalue weighted by atomic mass is 10.1. The molecule has 0 aliphatic carbocycles. The smallest absolute Gasteiger partial charge is 0.197 e. The number of nitriles is 1. The first-order valence-corrected chi connectivity index (χ1v) is 6.80. The normalized spacial score (nSPS) is 29.8. The molecule has 0 aromatic carbocycles. The van der Waals surface area contributed by atoms with Crippen molar-refractivity contribution in [3.8, 4) is 6.07 Å². The second-order valence-electron chi connectivity index (χ2n) is 3.76. The first kappa shape index (κ1) is 14.6. The van der Waals surface area contributed by atoms with E-state index in [-0.39, 0.29) is 24.9 Å². The van der Waals surface area contributed by atoms with Crippen molar-refractivity contribution in [1.29, 1.82) is 5.26 Å². The Bertz CT molecular complexity index is 281. The van der Waals surface area contributed by atoms with E-state index >= 15 is 0 Å². The van der Waals surface area contributed by atoms with E-state index in [0.29, 0.717) is 13.0 Å². The molecule has 1 aliphatic rings. The third-order valence-electron chi connectivity index (χ3n) is 2.39. The number of rotatable bonds is 7. The van der Waals surface area contributed by atoms with Crippen molar-refractivity contribution in [2.45, 2.75) is 38.1 Å². The minimum absolute atomic E-state index is 0.0620. The Hall–Kier alpha value is -0.500. The Labute approximate surface area is 103 Å². The summed E-state index contributed by atoms with van der Waals surface area (Å²) in [6.45, 7) is 5.86. The molecule has 1 aliphatic heterocycles. The number of hydrogen-bond donors (Lipinski definition) is 1. The highest BCUT2D eigenvalue weighted by molar-refractivity contribution is 7.50. The molecule has 1 rings (SSSR count).